The van der Waals surface area contributed by atoms with Crippen LogP contribution in [0.4, 0.5) is 4.11 Å². The van der Waals surface area contributed by atoms with Crippen molar-refractivity contribution in [3.05, 3.63) is 40.2 Å². The second-order valence-electron chi connectivity index (χ2n) is 7.66. The monoisotopic (exact) mass is 531 g/mol. The molecule has 0 aliphatic rings. The van der Waals surface area contributed by atoms with E-state index >= 15 is 0 Å². The summed E-state index contributed by atoms with van der Waals surface area (Å²) < 4.78 is 13.1. The number of hydrogen-bond donors (Lipinski definition) is 0. The van der Waals surface area contributed by atoms with Crippen LogP contribution in [-0.2, 0) is 26.2 Å². The molecule has 0 aromatic heterocycles. The predicted octanol–water partition coefficient (Wildman–Crippen LogP) is 8.32. The Balaban J connectivity index is -0.000000156. The molecule has 0 unspecified atom stereocenters. The van der Waals surface area contributed by atoms with Crippen molar-refractivity contribution < 1.29 is 30.3 Å². The van der Waals surface area contributed by atoms with Gasteiger partial charge in [0.1, 0.15) is 0 Å². The van der Waals surface area contributed by atoms with Crippen molar-refractivity contribution in [2.24, 2.45) is 0 Å². The van der Waals surface area contributed by atoms with Crippen molar-refractivity contribution in [2.45, 2.75) is 93.2 Å². The summed E-state index contributed by atoms with van der Waals surface area (Å²) in [5.74, 6) is 0. The number of halogens is 1. The van der Waals surface area contributed by atoms with Gasteiger partial charge in [0.15, 0.2) is 0 Å². The molecule has 0 fully saturated rings. The Morgan fingerprint density at radius 3 is 0.935 bits per heavy atom. The number of nitrogens with zero attached hydrogens (tertiary/aromatic N) is 3. The van der Waals surface area contributed by atoms with Crippen molar-refractivity contribution in [1.82, 2.24) is 0 Å². The second-order valence-corrected chi connectivity index (χ2v) is 11.2. The Hall–Kier alpha value is 0.260. The first-order valence-corrected chi connectivity index (χ1v) is 15.0. The fraction of sp³-hybridized carbons (Fsp3) is 0.800. The van der Waals surface area contributed by atoms with Crippen LogP contribution in [0.3, 0.4) is 0 Å². The maximum atomic E-state index is 13.1. The minimum atomic E-state index is -2.48. The Bertz CT molecular complexity index is 349. The van der Waals surface area contributed by atoms with Crippen molar-refractivity contribution in [2.75, 3.05) is 39.3 Å². The first kappa shape index (κ1) is 38.5. The van der Waals surface area contributed by atoms with Gasteiger partial charge in [0.05, 0.1) is 0 Å². The van der Waals surface area contributed by atoms with E-state index in [-0.39, 0.29) is 26.2 Å². The van der Waals surface area contributed by atoms with E-state index in [9.17, 15) is 4.11 Å². The Morgan fingerprint density at radius 2 is 0.806 bits per heavy atom. The summed E-state index contributed by atoms with van der Waals surface area (Å²) in [6.07, 6.45) is 7.17. The fourth-order valence-electron chi connectivity index (χ4n) is 2.05. The smallest absolute Gasteiger partial charge is 0.662 e. The number of hydrogen-bond acceptors (Lipinski definition) is 0. The standard InChI is InChI=1S/C7H10FSi.3C6H14N.Zr/c1-9(2,8)7-5-3-4-6-7;3*1-3-5-7-6-4-2;/h3-6H,1-2H3;3*3-6H2,1-2H3;/q4*-1;+4. The third kappa shape index (κ3) is 37.9. The number of rotatable bonds is 13. The molecule has 0 spiro atoms. The Morgan fingerprint density at radius 1 is 0.581 bits per heavy atom. The normalized spacial score (nSPS) is 9.84. The van der Waals surface area contributed by atoms with Gasteiger partial charge in [-0.15, -0.1) is 44.5 Å². The predicted molar refractivity (Wildman–Crippen MR) is 141 cm³/mol. The van der Waals surface area contributed by atoms with Crippen LogP contribution in [0.1, 0.15) is 80.1 Å². The zero-order valence-electron chi connectivity index (χ0n) is 22.0. The van der Waals surface area contributed by atoms with Crippen molar-refractivity contribution >= 4 is 13.6 Å². The zero-order valence-corrected chi connectivity index (χ0v) is 25.5. The van der Waals surface area contributed by atoms with E-state index in [1.807, 2.05) is 24.3 Å². The van der Waals surface area contributed by atoms with Crippen molar-refractivity contribution in [3.63, 3.8) is 0 Å². The molecule has 6 heteroatoms. The van der Waals surface area contributed by atoms with Gasteiger partial charge >= 0.3 is 26.2 Å². The van der Waals surface area contributed by atoms with Crippen LogP contribution in [0.25, 0.3) is 16.0 Å². The molecule has 3 nitrogen and oxygen atoms in total. The van der Waals surface area contributed by atoms with Gasteiger partial charge in [0.2, 0.25) is 8.41 Å². The molecule has 0 bridgehead atoms. The van der Waals surface area contributed by atoms with E-state index in [1.54, 1.807) is 13.1 Å². The van der Waals surface area contributed by atoms with Gasteiger partial charge in [-0.05, 0) is 13.1 Å². The summed E-state index contributed by atoms with van der Waals surface area (Å²) in [6.45, 7) is 22.6. The average Bonchev–Trinajstić information content (AvgIpc) is 3.26. The quantitative estimate of drug-likeness (QED) is 0.106. The van der Waals surface area contributed by atoms with E-state index in [2.05, 4.69) is 57.5 Å². The van der Waals surface area contributed by atoms with Crippen LogP contribution in [0.15, 0.2) is 24.3 Å². The molecule has 1 aromatic rings. The van der Waals surface area contributed by atoms with E-state index in [4.69, 9.17) is 0 Å². The van der Waals surface area contributed by atoms with Crippen LogP contribution < -0.4 is 5.19 Å². The Kier molecular flexibility index (Phi) is 40.3. The van der Waals surface area contributed by atoms with Crippen molar-refractivity contribution in [1.29, 1.82) is 0 Å². The molecular formula is C25H52FN3SiZr. The summed E-state index contributed by atoms with van der Waals surface area (Å²) in [5.41, 5.74) is 0. The van der Waals surface area contributed by atoms with E-state index in [0.717, 1.165) is 44.5 Å². The molecule has 0 aliphatic heterocycles. The molecule has 0 heterocycles. The van der Waals surface area contributed by atoms with Gasteiger partial charge in [0, 0.05) is 0 Å². The van der Waals surface area contributed by atoms with Crippen LogP contribution in [0.5, 0.6) is 0 Å². The van der Waals surface area contributed by atoms with Gasteiger partial charge < -0.3 is 20.1 Å². The van der Waals surface area contributed by atoms with Crippen molar-refractivity contribution in [3.8, 4) is 0 Å². The van der Waals surface area contributed by atoms with E-state index in [0.29, 0.717) is 0 Å². The van der Waals surface area contributed by atoms with Gasteiger partial charge in [-0.25, -0.2) is 12.1 Å². The molecule has 31 heavy (non-hydrogen) atoms. The molecule has 0 amide bonds. The van der Waals surface area contributed by atoms with E-state index < -0.39 is 8.41 Å². The molecule has 0 saturated heterocycles. The first-order valence-electron chi connectivity index (χ1n) is 12.2. The summed E-state index contributed by atoms with van der Waals surface area (Å²) in [6, 6.07) is 7.46. The second kappa shape index (κ2) is 32.4. The molecule has 0 radical (unpaired) electrons. The minimum Gasteiger partial charge on any atom is -0.662 e. The third-order valence-electron chi connectivity index (χ3n) is 3.64. The largest absolute Gasteiger partial charge is 4.00 e. The van der Waals surface area contributed by atoms with Crippen LogP contribution >= 0.6 is 0 Å². The average molecular weight is 533 g/mol. The molecule has 0 saturated carbocycles. The zero-order chi connectivity index (χ0) is 23.5. The molecule has 1 rings (SSSR count). The minimum absolute atomic E-state index is 0. The molecule has 0 aliphatic carbocycles. The van der Waals surface area contributed by atoms with Crippen LogP contribution in [0, 0.1) is 0 Å². The summed E-state index contributed by atoms with van der Waals surface area (Å²) in [5, 5.41) is 13.5. The van der Waals surface area contributed by atoms with Gasteiger partial charge in [-0.3, -0.25) is 0 Å². The van der Waals surface area contributed by atoms with Crippen LogP contribution in [-0.4, -0.2) is 47.7 Å². The molecule has 0 atom stereocenters. The fourth-order valence-corrected chi connectivity index (χ4v) is 3.04. The SMILES string of the molecule is CCC[N-]CCC.CCC[N-]CCC.CCC[N-]CCC.C[Si](C)(F)[c-]1cccc1.[Zr+4]. The topological polar surface area (TPSA) is 42.3 Å². The first-order chi connectivity index (χ1) is 14.3. The van der Waals surface area contributed by atoms with Gasteiger partial charge in [0.25, 0.3) is 0 Å². The van der Waals surface area contributed by atoms with Gasteiger partial charge in [-0.2, -0.15) is 12.1 Å². The van der Waals surface area contributed by atoms with Gasteiger partial charge in [-0.1, -0.05) is 80.1 Å². The maximum Gasteiger partial charge on any atom is 4.00 e. The summed E-state index contributed by atoms with van der Waals surface area (Å²) in [7, 11) is -2.48. The Labute approximate surface area is 215 Å². The molecule has 0 N–H and O–H groups in total. The van der Waals surface area contributed by atoms with Crippen LogP contribution in [0.2, 0.25) is 13.1 Å². The molecule has 182 valence electrons. The maximum absolute atomic E-state index is 13.1. The third-order valence-corrected chi connectivity index (χ3v) is 5.35. The van der Waals surface area contributed by atoms with E-state index in [1.165, 1.54) is 38.5 Å². The summed E-state index contributed by atoms with van der Waals surface area (Å²) in [4.78, 5) is 0. The molecular weight excluding hydrogens is 481 g/mol. The molecule has 1 aromatic carbocycles. The summed E-state index contributed by atoms with van der Waals surface area (Å²) >= 11 is 0.